The second kappa shape index (κ2) is 6.29. The molecule has 2 rings (SSSR count). The van der Waals surface area contributed by atoms with Gasteiger partial charge < -0.3 is 4.74 Å². The number of carbonyl (C=O) groups excluding carboxylic acids is 1. The van der Waals surface area contributed by atoms with Crippen LogP contribution in [0.5, 0.6) is 0 Å². The summed E-state index contributed by atoms with van der Waals surface area (Å²) in [6.45, 7) is 0. The van der Waals surface area contributed by atoms with Crippen LogP contribution in [0, 0.1) is 0 Å². The first kappa shape index (κ1) is 14.9. The lowest BCUT2D eigenvalue weighted by Gasteiger charge is -2.21. The summed E-state index contributed by atoms with van der Waals surface area (Å²) in [6.07, 6.45) is -0.234. The Balaban J connectivity index is 1.93. The van der Waals surface area contributed by atoms with E-state index in [4.69, 9.17) is 4.74 Å². The van der Waals surface area contributed by atoms with E-state index in [0.29, 0.717) is 5.56 Å². The number of alkyl halides is 3. The second-order valence-corrected chi connectivity index (χ2v) is 5.15. The number of esters is 1. The summed E-state index contributed by atoms with van der Waals surface area (Å²) in [5.41, 5.74) is 0.452. The minimum absolute atomic E-state index is 0.0499. The van der Waals surface area contributed by atoms with Gasteiger partial charge in [0.25, 0.3) is 0 Å². The molecule has 0 aliphatic heterocycles. The van der Waals surface area contributed by atoms with E-state index in [1.54, 1.807) is 0 Å². The van der Waals surface area contributed by atoms with Crippen LogP contribution in [0.1, 0.15) is 48.0 Å². The zero-order chi connectivity index (χ0) is 14.6. The van der Waals surface area contributed by atoms with Crippen LogP contribution in [-0.4, -0.2) is 18.2 Å². The standard InChI is InChI=1S/C15H17F3O2/c16-15(17,18)10-11-6-8-12(9-7-11)14(19)20-13-4-2-1-3-5-13/h6-9,13H,1-5,10H2. The Morgan fingerprint density at radius 3 is 2.25 bits per heavy atom. The van der Waals surface area contributed by atoms with E-state index >= 15 is 0 Å². The molecule has 1 aromatic rings. The zero-order valence-electron chi connectivity index (χ0n) is 11.1. The number of hydrogen-bond donors (Lipinski definition) is 0. The summed E-state index contributed by atoms with van der Waals surface area (Å²) in [6, 6.07) is 5.44. The molecule has 0 saturated heterocycles. The van der Waals surface area contributed by atoms with Crippen molar-refractivity contribution in [2.24, 2.45) is 0 Å². The van der Waals surface area contributed by atoms with Crippen LogP contribution in [-0.2, 0) is 11.2 Å². The Morgan fingerprint density at radius 1 is 1.10 bits per heavy atom. The van der Waals surface area contributed by atoms with Gasteiger partial charge in [-0.15, -0.1) is 0 Å². The molecule has 0 N–H and O–H groups in total. The molecule has 0 radical (unpaired) electrons. The molecular formula is C15H17F3O2. The molecule has 5 heteroatoms. The highest BCUT2D eigenvalue weighted by Gasteiger charge is 2.27. The molecule has 0 atom stereocenters. The fourth-order valence-corrected chi connectivity index (χ4v) is 2.39. The average Bonchev–Trinajstić information content (AvgIpc) is 2.39. The maximum absolute atomic E-state index is 12.2. The monoisotopic (exact) mass is 286 g/mol. The average molecular weight is 286 g/mol. The van der Waals surface area contributed by atoms with Gasteiger partial charge in [0, 0.05) is 0 Å². The van der Waals surface area contributed by atoms with Crippen molar-refractivity contribution in [2.75, 3.05) is 0 Å². The molecule has 0 amide bonds. The van der Waals surface area contributed by atoms with Gasteiger partial charge in [-0.2, -0.15) is 13.2 Å². The topological polar surface area (TPSA) is 26.3 Å². The molecule has 1 aliphatic rings. The van der Waals surface area contributed by atoms with Crippen molar-refractivity contribution in [3.05, 3.63) is 35.4 Å². The third kappa shape index (κ3) is 4.54. The summed E-state index contributed by atoms with van der Waals surface area (Å²) in [5.74, 6) is -0.449. The molecule has 110 valence electrons. The highest BCUT2D eigenvalue weighted by molar-refractivity contribution is 5.89. The third-order valence-corrected chi connectivity index (χ3v) is 3.42. The summed E-state index contributed by atoms with van der Waals surface area (Å²) >= 11 is 0. The number of benzene rings is 1. The molecule has 1 fully saturated rings. The van der Waals surface area contributed by atoms with Crippen LogP contribution in [0.3, 0.4) is 0 Å². The van der Waals surface area contributed by atoms with E-state index in [-0.39, 0.29) is 11.7 Å². The maximum atomic E-state index is 12.2. The summed E-state index contributed by atoms with van der Waals surface area (Å²) < 4.78 is 42.0. The lowest BCUT2D eigenvalue weighted by Crippen LogP contribution is -2.21. The van der Waals surface area contributed by atoms with E-state index in [9.17, 15) is 18.0 Å². The van der Waals surface area contributed by atoms with Crippen molar-refractivity contribution in [1.82, 2.24) is 0 Å². The molecule has 0 spiro atoms. The molecule has 1 aliphatic carbocycles. The largest absolute Gasteiger partial charge is 0.459 e. The number of halogens is 3. The minimum atomic E-state index is -4.23. The van der Waals surface area contributed by atoms with Gasteiger partial charge in [0.2, 0.25) is 0 Å². The fraction of sp³-hybridized carbons (Fsp3) is 0.533. The molecule has 2 nitrogen and oxygen atoms in total. The third-order valence-electron chi connectivity index (χ3n) is 3.42. The Hall–Kier alpha value is -1.52. The zero-order valence-corrected chi connectivity index (χ0v) is 11.1. The van der Waals surface area contributed by atoms with Crippen molar-refractivity contribution in [3.8, 4) is 0 Å². The number of hydrogen-bond acceptors (Lipinski definition) is 2. The number of carbonyl (C=O) groups is 1. The summed E-state index contributed by atoms with van der Waals surface area (Å²) in [4.78, 5) is 11.9. The smallest absolute Gasteiger partial charge is 0.393 e. The summed E-state index contributed by atoms with van der Waals surface area (Å²) in [7, 11) is 0. The Morgan fingerprint density at radius 2 is 1.70 bits per heavy atom. The summed E-state index contributed by atoms with van der Waals surface area (Å²) in [5, 5.41) is 0. The van der Waals surface area contributed by atoms with Crippen molar-refractivity contribution in [3.63, 3.8) is 0 Å². The minimum Gasteiger partial charge on any atom is -0.459 e. The first-order valence-electron chi connectivity index (χ1n) is 6.81. The predicted octanol–water partition coefficient (Wildman–Crippen LogP) is 4.28. The first-order valence-corrected chi connectivity index (χ1v) is 6.81. The van der Waals surface area contributed by atoms with E-state index in [2.05, 4.69) is 0 Å². The molecule has 20 heavy (non-hydrogen) atoms. The second-order valence-electron chi connectivity index (χ2n) is 5.15. The lowest BCUT2D eigenvalue weighted by atomic mass is 9.98. The number of rotatable bonds is 3. The molecule has 1 aromatic carbocycles. The van der Waals surface area contributed by atoms with E-state index < -0.39 is 18.6 Å². The van der Waals surface area contributed by atoms with Crippen molar-refractivity contribution < 1.29 is 22.7 Å². The SMILES string of the molecule is O=C(OC1CCCCC1)c1ccc(CC(F)(F)F)cc1. The van der Waals surface area contributed by atoms with Gasteiger partial charge in [-0.3, -0.25) is 0 Å². The van der Waals surface area contributed by atoms with Crippen molar-refractivity contribution in [2.45, 2.75) is 50.8 Å². The Kier molecular flexibility index (Phi) is 4.68. The van der Waals surface area contributed by atoms with Crippen LogP contribution < -0.4 is 0 Å². The quantitative estimate of drug-likeness (QED) is 0.775. The highest BCUT2D eigenvalue weighted by Crippen LogP contribution is 2.23. The Bertz CT molecular complexity index is 445. The van der Waals surface area contributed by atoms with Gasteiger partial charge in [-0.25, -0.2) is 4.79 Å². The first-order chi connectivity index (χ1) is 9.44. The maximum Gasteiger partial charge on any atom is 0.393 e. The normalized spacial score (nSPS) is 16.9. The van der Waals surface area contributed by atoms with E-state index in [0.717, 1.165) is 25.7 Å². The van der Waals surface area contributed by atoms with Crippen molar-refractivity contribution >= 4 is 5.97 Å². The number of ether oxygens (including phenoxy) is 1. The van der Waals surface area contributed by atoms with Gasteiger partial charge in [0.05, 0.1) is 12.0 Å². The van der Waals surface area contributed by atoms with Gasteiger partial charge in [-0.1, -0.05) is 18.6 Å². The van der Waals surface area contributed by atoms with E-state index in [1.807, 2.05) is 0 Å². The lowest BCUT2D eigenvalue weighted by molar-refractivity contribution is -0.127. The predicted molar refractivity (Wildman–Crippen MR) is 68.5 cm³/mol. The molecular weight excluding hydrogens is 269 g/mol. The molecule has 0 aromatic heterocycles. The van der Waals surface area contributed by atoms with Crippen LogP contribution in [0.25, 0.3) is 0 Å². The van der Waals surface area contributed by atoms with Crippen LogP contribution in [0.4, 0.5) is 13.2 Å². The molecule has 0 unspecified atom stereocenters. The van der Waals surface area contributed by atoms with Gasteiger partial charge in [-0.05, 0) is 43.4 Å². The van der Waals surface area contributed by atoms with Gasteiger partial charge in [0.1, 0.15) is 6.10 Å². The Labute approximate surface area is 115 Å². The van der Waals surface area contributed by atoms with Gasteiger partial charge >= 0.3 is 12.1 Å². The van der Waals surface area contributed by atoms with Crippen LogP contribution in [0.15, 0.2) is 24.3 Å². The molecule has 0 bridgehead atoms. The van der Waals surface area contributed by atoms with E-state index in [1.165, 1.54) is 30.7 Å². The molecule has 1 saturated carbocycles. The fourth-order valence-electron chi connectivity index (χ4n) is 2.39. The van der Waals surface area contributed by atoms with Gasteiger partial charge in [0.15, 0.2) is 0 Å². The molecule has 0 heterocycles. The highest BCUT2D eigenvalue weighted by atomic mass is 19.4. The van der Waals surface area contributed by atoms with Crippen LogP contribution >= 0.6 is 0 Å². The van der Waals surface area contributed by atoms with Crippen molar-refractivity contribution in [1.29, 1.82) is 0 Å². The van der Waals surface area contributed by atoms with Crippen LogP contribution in [0.2, 0.25) is 0 Å².